The molecule has 1 heterocycles. The normalized spacial score (nSPS) is 10.4. The highest BCUT2D eigenvalue weighted by Crippen LogP contribution is 2.35. The van der Waals surface area contributed by atoms with Gasteiger partial charge in [0.25, 0.3) is 5.91 Å². The van der Waals surface area contributed by atoms with Crippen LogP contribution in [0.15, 0.2) is 36.9 Å². The van der Waals surface area contributed by atoms with Crippen molar-refractivity contribution >= 4 is 44.9 Å². The third-order valence-electron chi connectivity index (χ3n) is 2.69. The molecule has 1 aromatic carbocycles. The molecule has 6 heteroatoms. The molecule has 0 spiro atoms. The zero-order valence-electron chi connectivity index (χ0n) is 10.5. The van der Waals surface area contributed by atoms with Crippen LogP contribution in [0.2, 0.25) is 5.02 Å². The molecule has 0 unspecified atom stereocenters. The molecular weight excluding hydrogens is 298 g/mol. The number of carbonyl (C=O) groups is 2. The highest BCUT2D eigenvalue weighted by atomic mass is 35.5. The number of fused-ring (bicyclic) bond motifs is 1. The lowest BCUT2D eigenvalue weighted by Gasteiger charge is -2.18. The SMILES string of the molecule is C=CCN(CC(=O)O)C(=O)c1sc2ccccc2c1Cl. The topological polar surface area (TPSA) is 57.6 Å². The summed E-state index contributed by atoms with van der Waals surface area (Å²) in [6.07, 6.45) is 1.49. The largest absolute Gasteiger partial charge is 0.480 e. The van der Waals surface area contributed by atoms with Gasteiger partial charge in [-0.25, -0.2) is 0 Å². The van der Waals surface area contributed by atoms with Crippen molar-refractivity contribution in [3.05, 3.63) is 46.8 Å². The molecule has 1 amide bonds. The molecule has 2 aromatic rings. The monoisotopic (exact) mass is 309 g/mol. The Kier molecular flexibility index (Phi) is 4.42. The summed E-state index contributed by atoms with van der Waals surface area (Å²) in [5.74, 6) is -1.46. The zero-order chi connectivity index (χ0) is 14.7. The molecule has 0 radical (unpaired) electrons. The summed E-state index contributed by atoms with van der Waals surface area (Å²) in [5, 5.41) is 10.0. The molecule has 2 rings (SSSR count). The summed E-state index contributed by atoms with van der Waals surface area (Å²) < 4.78 is 0.898. The van der Waals surface area contributed by atoms with E-state index in [1.54, 1.807) is 0 Å². The fourth-order valence-electron chi connectivity index (χ4n) is 1.83. The number of benzene rings is 1. The van der Waals surface area contributed by atoms with Crippen LogP contribution in [0.5, 0.6) is 0 Å². The van der Waals surface area contributed by atoms with E-state index in [9.17, 15) is 9.59 Å². The van der Waals surface area contributed by atoms with Gasteiger partial charge in [0.05, 0.1) is 5.02 Å². The van der Waals surface area contributed by atoms with Gasteiger partial charge in [-0.15, -0.1) is 17.9 Å². The number of amides is 1. The number of hydrogen-bond donors (Lipinski definition) is 1. The Balaban J connectivity index is 2.40. The molecule has 104 valence electrons. The first-order chi connectivity index (χ1) is 9.54. The molecule has 0 atom stereocenters. The summed E-state index contributed by atoms with van der Waals surface area (Å²) >= 11 is 7.49. The lowest BCUT2D eigenvalue weighted by Crippen LogP contribution is -2.35. The molecule has 1 aromatic heterocycles. The van der Waals surface area contributed by atoms with Gasteiger partial charge in [-0.1, -0.05) is 35.9 Å². The fraction of sp³-hybridized carbons (Fsp3) is 0.143. The number of carbonyl (C=O) groups excluding carboxylic acids is 1. The van der Waals surface area contributed by atoms with E-state index in [-0.39, 0.29) is 13.1 Å². The van der Waals surface area contributed by atoms with E-state index in [0.717, 1.165) is 10.1 Å². The lowest BCUT2D eigenvalue weighted by molar-refractivity contribution is -0.137. The van der Waals surface area contributed by atoms with Gasteiger partial charge >= 0.3 is 5.97 Å². The summed E-state index contributed by atoms with van der Waals surface area (Å²) in [6, 6.07) is 7.41. The van der Waals surface area contributed by atoms with E-state index in [4.69, 9.17) is 16.7 Å². The highest BCUT2D eigenvalue weighted by molar-refractivity contribution is 7.21. The van der Waals surface area contributed by atoms with E-state index in [1.165, 1.54) is 22.3 Å². The van der Waals surface area contributed by atoms with Crippen molar-refractivity contribution in [2.75, 3.05) is 13.1 Å². The third-order valence-corrected chi connectivity index (χ3v) is 4.36. The van der Waals surface area contributed by atoms with Crippen LogP contribution >= 0.6 is 22.9 Å². The van der Waals surface area contributed by atoms with Gasteiger partial charge in [0, 0.05) is 16.6 Å². The highest BCUT2D eigenvalue weighted by Gasteiger charge is 2.23. The zero-order valence-corrected chi connectivity index (χ0v) is 12.1. The molecule has 0 aliphatic rings. The molecule has 4 nitrogen and oxygen atoms in total. The molecule has 0 aliphatic heterocycles. The number of halogens is 1. The predicted octanol–water partition coefficient (Wildman–Crippen LogP) is 3.27. The molecule has 0 bridgehead atoms. The van der Waals surface area contributed by atoms with Gasteiger partial charge in [-0.3, -0.25) is 9.59 Å². The average molecular weight is 310 g/mol. The van der Waals surface area contributed by atoms with E-state index in [0.29, 0.717) is 9.90 Å². The van der Waals surface area contributed by atoms with E-state index in [1.807, 2.05) is 24.3 Å². The average Bonchev–Trinajstić information content (AvgIpc) is 2.75. The number of carboxylic acid groups (broad SMARTS) is 1. The Morgan fingerprint density at radius 1 is 1.40 bits per heavy atom. The maximum atomic E-state index is 12.4. The Bertz CT molecular complexity index is 680. The quantitative estimate of drug-likeness (QED) is 0.862. The fourth-order valence-corrected chi connectivity index (χ4v) is 3.31. The second-order valence-corrected chi connectivity index (χ2v) is 5.54. The minimum absolute atomic E-state index is 0.162. The van der Waals surface area contributed by atoms with Crippen LogP contribution in [-0.2, 0) is 4.79 Å². The first-order valence-electron chi connectivity index (χ1n) is 5.83. The first-order valence-corrected chi connectivity index (χ1v) is 7.03. The Hall–Kier alpha value is -1.85. The van der Waals surface area contributed by atoms with Crippen LogP contribution in [0.25, 0.3) is 10.1 Å². The number of nitrogens with zero attached hydrogens (tertiary/aromatic N) is 1. The van der Waals surface area contributed by atoms with Gasteiger partial charge in [0.15, 0.2) is 0 Å². The number of thiophene rings is 1. The van der Waals surface area contributed by atoms with Gasteiger partial charge < -0.3 is 10.0 Å². The minimum Gasteiger partial charge on any atom is -0.480 e. The van der Waals surface area contributed by atoms with Crippen molar-refractivity contribution in [1.82, 2.24) is 4.90 Å². The lowest BCUT2D eigenvalue weighted by atomic mass is 10.2. The van der Waals surface area contributed by atoms with Crippen molar-refractivity contribution < 1.29 is 14.7 Å². The molecule has 1 N–H and O–H groups in total. The Morgan fingerprint density at radius 2 is 2.10 bits per heavy atom. The minimum atomic E-state index is -1.07. The van der Waals surface area contributed by atoms with Crippen molar-refractivity contribution in [3.63, 3.8) is 0 Å². The molecule has 0 aliphatic carbocycles. The Labute approximate surface area is 124 Å². The number of carboxylic acids is 1. The Morgan fingerprint density at radius 3 is 2.70 bits per heavy atom. The molecular formula is C14H12ClNO3S. The van der Waals surface area contributed by atoms with Gasteiger partial charge in [-0.2, -0.15) is 0 Å². The predicted molar refractivity (Wildman–Crippen MR) is 80.6 cm³/mol. The van der Waals surface area contributed by atoms with E-state index in [2.05, 4.69) is 6.58 Å². The maximum absolute atomic E-state index is 12.4. The number of hydrogen-bond acceptors (Lipinski definition) is 3. The first kappa shape index (κ1) is 14.6. The second kappa shape index (κ2) is 6.07. The summed E-state index contributed by atoms with van der Waals surface area (Å²) in [4.78, 5) is 24.8. The van der Waals surface area contributed by atoms with Crippen LogP contribution in [0.4, 0.5) is 0 Å². The van der Waals surface area contributed by atoms with Crippen molar-refractivity contribution in [3.8, 4) is 0 Å². The van der Waals surface area contributed by atoms with Crippen LogP contribution in [-0.4, -0.2) is 35.0 Å². The van der Waals surface area contributed by atoms with Crippen molar-refractivity contribution in [2.45, 2.75) is 0 Å². The molecule has 0 saturated heterocycles. The molecule has 20 heavy (non-hydrogen) atoms. The summed E-state index contributed by atoms with van der Waals surface area (Å²) in [6.45, 7) is 3.32. The maximum Gasteiger partial charge on any atom is 0.323 e. The second-order valence-electron chi connectivity index (χ2n) is 4.11. The molecule has 0 saturated carbocycles. The standard InChI is InChI=1S/C14H12ClNO3S/c1-2-7-16(8-11(17)18)14(19)13-12(15)9-5-3-4-6-10(9)20-13/h2-6H,1,7-8H2,(H,17,18). The smallest absolute Gasteiger partial charge is 0.323 e. The van der Waals surface area contributed by atoms with Crippen molar-refractivity contribution in [2.24, 2.45) is 0 Å². The number of rotatable bonds is 5. The van der Waals surface area contributed by atoms with E-state index < -0.39 is 11.9 Å². The molecule has 0 fully saturated rings. The van der Waals surface area contributed by atoms with E-state index >= 15 is 0 Å². The van der Waals surface area contributed by atoms with Crippen LogP contribution in [0.3, 0.4) is 0 Å². The van der Waals surface area contributed by atoms with Gasteiger partial charge in [0.2, 0.25) is 0 Å². The third kappa shape index (κ3) is 2.84. The van der Waals surface area contributed by atoms with Crippen LogP contribution in [0.1, 0.15) is 9.67 Å². The van der Waals surface area contributed by atoms with Crippen molar-refractivity contribution in [1.29, 1.82) is 0 Å². The van der Waals surface area contributed by atoms with Gasteiger partial charge in [-0.05, 0) is 6.07 Å². The van der Waals surface area contributed by atoms with Crippen LogP contribution in [0, 0.1) is 0 Å². The number of aliphatic carboxylic acids is 1. The summed E-state index contributed by atoms with van der Waals surface area (Å²) in [7, 11) is 0. The van der Waals surface area contributed by atoms with Gasteiger partial charge in [0.1, 0.15) is 11.4 Å². The van der Waals surface area contributed by atoms with Crippen LogP contribution < -0.4 is 0 Å². The summed E-state index contributed by atoms with van der Waals surface area (Å²) in [5.41, 5.74) is 0.